The zero-order valence-corrected chi connectivity index (χ0v) is 14.6. The summed E-state index contributed by atoms with van der Waals surface area (Å²) in [5.74, 6) is -2.49. The molecule has 0 aliphatic heterocycles. The molecule has 0 saturated heterocycles. The number of hydrogen-bond donors (Lipinski definition) is 2. The molecule has 1 aliphatic carbocycles. The molecule has 0 unspecified atom stereocenters. The number of rotatable bonds is 5. The first-order valence-corrected chi connectivity index (χ1v) is 8.49. The van der Waals surface area contributed by atoms with Crippen molar-refractivity contribution in [3.8, 4) is 0 Å². The summed E-state index contributed by atoms with van der Waals surface area (Å²) < 4.78 is 50.4. The van der Waals surface area contributed by atoms with Crippen molar-refractivity contribution < 1.29 is 27.2 Å². The first-order valence-electron chi connectivity index (χ1n) is 8.49. The number of aromatic nitrogens is 2. The third-order valence-corrected chi connectivity index (χ3v) is 4.08. The fraction of sp³-hybridized carbons (Fsp3) is 0.333. The van der Waals surface area contributed by atoms with Crippen LogP contribution in [0.15, 0.2) is 24.4 Å². The highest BCUT2D eigenvalue weighted by molar-refractivity contribution is 5.97. The van der Waals surface area contributed by atoms with E-state index in [1.54, 1.807) is 6.20 Å². The summed E-state index contributed by atoms with van der Waals surface area (Å²) in [5.41, 5.74) is 1.63. The Morgan fingerprint density at radius 2 is 1.93 bits per heavy atom. The minimum Gasteiger partial charge on any atom is -0.345 e. The number of fused-ring (bicyclic) bond motifs is 1. The van der Waals surface area contributed by atoms with Gasteiger partial charge in [0.2, 0.25) is 5.91 Å². The predicted molar refractivity (Wildman–Crippen MR) is 90.9 cm³/mol. The number of nitrogens with zero attached hydrogens (tertiary/aromatic N) is 2. The van der Waals surface area contributed by atoms with Gasteiger partial charge in [0.25, 0.3) is 5.91 Å². The molecule has 10 heteroatoms. The number of carbonyl (C=O) groups is 2. The highest BCUT2D eigenvalue weighted by Gasteiger charge is 2.31. The smallest absolute Gasteiger partial charge is 0.345 e. The molecular formula is C18H16F4N4O2. The molecule has 148 valence electrons. The van der Waals surface area contributed by atoms with Crippen molar-refractivity contribution in [2.24, 2.45) is 0 Å². The summed E-state index contributed by atoms with van der Waals surface area (Å²) in [6.07, 6.45) is -1.90. The van der Waals surface area contributed by atoms with E-state index in [9.17, 15) is 27.2 Å². The molecule has 2 N–H and O–H groups in total. The number of halogens is 4. The number of benzene rings is 1. The van der Waals surface area contributed by atoms with Crippen LogP contribution >= 0.6 is 0 Å². The summed E-state index contributed by atoms with van der Waals surface area (Å²) in [6, 6.07) is 2.84. The van der Waals surface area contributed by atoms with Gasteiger partial charge in [-0.15, -0.1) is 0 Å². The van der Waals surface area contributed by atoms with Gasteiger partial charge < -0.3 is 10.6 Å². The van der Waals surface area contributed by atoms with Crippen LogP contribution in [0.1, 0.15) is 40.3 Å². The number of nitrogens with one attached hydrogen (secondary N) is 2. The number of hydrogen-bond acceptors (Lipinski definition) is 4. The molecule has 0 atom stereocenters. The van der Waals surface area contributed by atoms with Crippen LogP contribution in [0, 0.1) is 5.82 Å². The van der Waals surface area contributed by atoms with Crippen molar-refractivity contribution in [2.75, 3.05) is 5.32 Å². The predicted octanol–water partition coefficient (Wildman–Crippen LogP) is 2.93. The number of amides is 2. The maximum Gasteiger partial charge on any atom is 0.397 e. The van der Waals surface area contributed by atoms with Crippen LogP contribution in [0.25, 0.3) is 0 Å². The second kappa shape index (κ2) is 7.91. The molecule has 0 bridgehead atoms. The van der Waals surface area contributed by atoms with Crippen molar-refractivity contribution in [2.45, 2.75) is 38.4 Å². The van der Waals surface area contributed by atoms with Crippen LogP contribution in [0.4, 0.5) is 23.2 Å². The van der Waals surface area contributed by atoms with Gasteiger partial charge in [0, 0.05) is 23.1 Å². The van der Waals surface area contributed by atoms with E-state index in [-0.39, 0.29) is 17.8 Å². The van der Waals surface area contributed by atoms with Gasteiger partial charge in [0.1, 0.15) is 18.1 Å². The zero-order valence-electron chi connectivity index (χ0n) is 14.6. The van der Waals surface area contributed by atoms with Gasteiger partial charge in [-0.25, -0.2) is 14.4 Å². The third-order valence-electron chi connectivity index (χ3n) is 4.08. The Hall–Kier alpha value is -3.04. The van der Waals surface area contributed by atoms with Crippen molar-refractivity contribution in [1.29, 1.82) is 0 Å². The molecule has 0 spiro atoms. The third kappa shape index (κ3) is 5.24. The summed E-state index contributed by atoms with van der Waals surface area (Å²) in [7, 11) is 0. The molecule has 1 aromatic heterocycles. The second-order valence-corrected chi connectivity index (χ2v) is 6.36. The molecule has 1 aromatic carbocycles. The largest absolute Gasteiger partial charge is 0.397 e. The Morgan fingerprint density at radius 1 is 1.14 bits per heavy atom. The normalized spacial score (nSPS) is 13.1. The molecule has 2 amide bonds. The fourth-order valence-electron chi connectivity index (χ4n) is 2.88. The number of alkyl halides is 3. The fourth-order valence-corrected chi connectivity index (χ4v) is 2.88. The van der Waals surface area contributed by atoms with E-state index >= 15 is 0 Å². The van der Waals surface area contributed by atoms with E-state index in [1.165, 1.54) is 0 Å². The van der Waals surface area contributed by atoms with Crippen LogP contribution in [-0.2, 0) is 24.2 Å². The summed E-state index contributed by atoms with van der Waals surface area (Å²) in [5, 5.41) is 4.46. The molecule has 3 rings (SSSR count). The Kier molecular flexibility index (Phi) is 5.57. The van der Waals surface area contributed by atoms with Gasteiger partial charge in [0.15, 0.2) is 0 Å². The van der Waals surface area contributed by atoms with Gasteiger partial charge in [0.05, 0.1) is 6.54 Å². The molecule has 0 saturated carbocycles. The minimum absolute atomic E-state index is 0.0123. The molecule has 6 nitrogen and oxygen atoms in total. The zero-order chi connectivity index (χ0) is 20.3. The van der Waals surface area contributed by atoms with Crippen LogP contribution < -0.4 is 10.6 Å². The average molecular weight is 396 g/mol. The van der Waals surface area contributed by atoms with Gasteiger partial charge in [-0.05, 0) is 43.0 Å². The first kappa shape index (κ1) is 19.7. The molecule has 1 aliphatic rings. The molecule has 0 radical (unpaired) electrons. The molecule has 28 heavy (non-hydrogen) atoms. The standard InChI is InChI=1S/C18H16F4N4O2/c19-12-4-11(5-13(6-12)25-16(27)7-18(20,21)22)17(28)24-9-15-23-8-10-2-1-3-14(10)26-15/h4-6,8H,1-3,7,9H2,(H,24,28)(H,25,27). The van der Waals surface area contributed by atoms with Crippen LogP contribution in [0.2, 0.25) is 0 Å². The van der Waals surface area contributed by atoms with E-state index in [0.29, 0.717) is 5.82 Å². The van der Waals surface area contributed by atoms with Crippen LogP contribution in [-0.4, -0.2) is 28.0 Å². The summed E-state index contributed by atoms with van der Waals surface area (Å²) in [4.78, 5) is 32.1. The van der Waals surface area contributed by atoms with Crippen molar-refractivity contribution in [1.82, 2.24) is 15.3 Å². The van der Waals surface area contributed by atoms with Gasteiger partial charge >= 0.3 is 6.18 Å². The maximum atomic E-state index is 13.7. The highest BCUT2D eigenvalue weighted by Crippen LogP contribution is 2.21. The van der Waals surface area contributed by atoms with Crippen LogP contribution in [0.5, 0.6) is 0 Å². The van der Waals surface area contributed by atoms with E-state index < -0.39 is 30.2 Å². The molecule has 2 aromatic rings. The van der Waals surface area contributed by atoms with Crippen molar-refractivity contribution in [3.05, 3.63) is 52.9 Å². The Balaban J connectivity index is 1.64. The number of carbonyl (C=O) groups excluding carboxylic acids is 2. The quantitative estimate of drug-likeness (QED) is 0.762. The van der Waals surface area contributed by atoms with Gasteiger partial charge in [-0.1, -0.05) is 0 Å². The van der Waals surface area contributed by atoms with Crippen molar-refractivity contribution >= 4 is 17.5 Å². The van der Waals surface area contributed by atoms with Gasteiger partial charge in [-0.3, -0.25) is 9.59 Å². The van der Waals surface area contributed by atoms with E-state index in [0.717, 1.165) is 48.7 Å². The Labute approximate surface area is 157 Å². The van der Waals surface area contributed by atoms with Crippen LogP contribution in [0.3, 0.4) is 0 Å². The minimum atomic E-state index is -4.69. The van der Waals surface area contributed by atoms with Crippen molar-refractivity contribution in [3.63, 3.8) is 0 Å². The average Bonchev–Trinajstić information content (AvgIpc) is 3.05. The van der Waals surface area contributed by atoms with E-state index in [2.05, 4.69) is 15.3 Å². The first-order chi connectivity index (χ1) is 13.2. The highest BCUT2D eigenvalue weighted by atomic mass is 19.4. The monoisotopic (exact) mass is 396 g/mol. The molecule has 1 heterocycles. The van der Waals surface area contributed by atoms with Gasteiger partial charge in [-0.2, -0.15) is 13.2 Å². The SMILES string of the molecule is O=C(CC(F)(F)F)Nc1cc(F)cc(C(=O)NCc2ncc3c(n2)CCC3)c1. The lowest BCUT2D eigenvalue weighted by Gasteiger charge is -2.10. The second-order valence-electron chi connectivity index (χ2n) is 6.36. The molecular weight excluding hydrogens is 380 g/mol. The summed E-state index contributed by atoms with van der Waals surface area (Å²) >= 11 is 0. The Bertz CT molecular complexity index is 915. The molecule has 0 fully saturated rings. The van der Waals surface area contributed by atoms with E-state index in [4.69, 9.17) is 0 Å². The topological polar surface area (TPSA) is 84.0 Å². The maximum absolute atomic E-state index is 13.7. The Morgan fingerprint density at radius 3 is 2.68 bits per heavy atom. The van der Waals surface area contributed by atoms with E-state index in [1.807, 2.05) is 5.32 Å². The lowest BCUT2D eigenvalue weighted by molar-refractivity contribution is -0.150. The number of aryl methyl sites for hydroxylation is 2. The lowest BCUT2D eigenvalue weighted by atomic mass is 10.1. The number of anilines is 1. The summed E-state index contributed by atoms with van der Waals surface area (Å²) in [6.45, 7) is 0.0123. The lowest BCUT2D eigenvalue weighted by Crippen LogP contribution is -2.25.